The highest BCUT2D eigenvalue weighted by Crippen LogP contribution is 2.37. The van der Waals surface area contributed by atoms with E-state index in [1.165, 1.54) is 25.1 Å². The van der Waals surface area contributed by atoms with Gasteiger partial charge in [-0.05, 0) is 54.9 Å². The summed E-state index contributed by atoms with van der Waals surface area (Å²) in [5, 5.41) is 9.02. The second kappa shape index (κ2) is 11.2. The summed E-state index contributed by atoms with van der Waals surface area (Å²) in [6.45, 7) is 2.02. The first kappa shape index (κ1) is 25.0. The molecule has 0 aliphatic carbocycles. The Morgan fingerprint density at radius 1 is 1.17 bits per heavy atom. The maximum absolute atomic E-state index is 13.2. The van der Waals surface area contributed by atoms with Gasteiger partial charge in [0.05, 0.1) is 19.1 Å². The van der Waals surface area contributed by atoms with Crippen LogP contribution < -0.4 is 10.5 Å². The van der Waals surface area contributed by atoms with Crippen LogP contribution in [0.2, 0.25) is 0 Å². The molecule has 0 fully saturated rings. The van der Waals surface area contributed by atoms with Crippen LogP contribution in [0, 0.1) is 0 Å². The number of carbonyl (C=O) groups excluding carboxylic acids is 1. The Bertz CT molecular complexity index is 870. The van der Waals surface area contributed by atoms with Crippen LogP contribution >= 0.6 is 0 Å². The number of carboxylic acids is 1. The summed E-state index contributed by atoms with van der Waals surface area (Å²) in [7, 11) is 2.92. The van der Waals surface area contributed by atoms with Crippen molar-refractivity contribution in [1.29, 1.82) is 0 Å². The summed E-state index contributed by atoms with van der Waals surface area (Å²) in [4.78, 5) is 23.5. The van der Waals surface area contributed by atoms with Crippen LogP contribution in [0.1, 0.15) is 23.6 Å². The molecule has 0 aliphatic rings. The van der Waals surface area contributed by atoms with Gasteiger partial charge in [0.15, 0.2) is 0 Å². The van der Waals surface area contributed by atoms with Gasteiger partial charge in [0.25, 0.3) is 0 Å². The van der Waals surface area contributed by atoms with Crippen molar-refractivity contribution in [3.05, 3.63) is 53.1 Å². The van der Waals surface area contributed by atoms with E-state index in [4.69, 9.17) is 9.84 Å². The van der Waals surface area contributed by atoms with Gasteiger partial charge in [0.1, 0.15) is 5.75 Å². The molecule has 2 aromatic rings. The molecule has 0 heterocycles. The van der Waals surface area contributed by atoms with Crippen molar-refractivity contribution in [3.8, 4) is 16.9 Å². The lowest BCUT2D eigenvalue weighted by Gasteiger charge is -2.20. The molecule has 164 valence electrons. The predicted octanol–water partition coefficient (Wildman–Crippen LogP) is 3.56. The molecule has 9 heteroatoms. The van der Waals surface area contributed by atoms with Crippen molar-refractivity contribution in [2.75, 3.05) is 20.7 Å². The Hall–Kier alpha value is -3.07. The molecule has 30 heavy (non-hydrogen) atoms. The van der Waals surface area contributed by atoms with E-state index in [1.54, 1.807) is 25.1 Å². The molecule has 2 aromatic carbocycles. The second-order valence-electron chi connectivity index (χ2n) is 6.14. The highest BCUT2D eigenvalue weighted by atomic mass is 19.4. The number of benzene rings is 2. The second-order valence-corrected chi connectivity index (χ2v) is 6.14. The van der Waals surface area contributed by atoms with Crippen molar-refractivity contribution in [1.82, 2.24) is 4.90 Å². The molecule has 2 rings (SSSR count). The van der Waals surface area contributed by atoms with Crippen LogP contribution in [0.5, 0.6) is 5.75 Å². The standard InChI is InChI=1S/C20H20F3NO4.CH5N/c1-3-24(12-25)11-14-10-15(20(21,22)23)5-6-16(14)17-8-13(9-19(26)27)4-7-18(17)28-2;1-2/h4-8,10,12H,3,9,11H2,1-2H3,(H,26,27);2H2,1H3. The van der Waals surface area contributed by atoms with E-state index in [2.05, 4.69) is 5.73 Å². The number of nitrogens with two attached hydrogens (primary N) is 1. The highest BCUT2D eigenvalue weighted by molar-refractivity contribution is 5.77. The number of nitrogens with zero attached hydrogens (tertiary/aromatic N) is 1. The number of aliphatic carboxylic acids is 1. The molecule has 1 amide bonds. The molecule has 0 atom stereocenters. The average molecular weight is 426 g/mol. The fourth-order valence-corrected chi connectivity index (χ4v) is 2.86. The summed E-state index contributed by atoms with van der Waals surface area (Å²) in [6, 6.07) is 8.02. The zero-order valence-corrected chi connectivity index (χ0v) is 17.0. The van der Waals surface area contributed by atoms with Crippen LogP contribution in [-0.4, -0.2) is 43.1 Å². The average Bonchev–Trinajstić information content (AvgIpc) is 2.72. The summed E-state index contributed by atoms with van der Waals surface area (Å²) < 4.78 is 44.9. The number of hydrogen-bond donors (Lipinski definition) is 2. The van der Waals surface area contributed by atoms with Gasteiger partial charge in [0, 0.05) is 18.7 Å². The van der Waals surface area contributed by atoms with Crippen LogP contribution in [-0.2, 0) is 28.7 Å². The molecule has 0 aromatic heterocycles. The zero-order chi connectivity index (χ0) is 22.9. The van der Waals surface area contributed by atoms with Gasteiger partial charge in [0.2, 0.25) is 6.41 Å². The fourth-order valence-electron chi connectivity index (χ4n) is 2.86. The Labute approximate surface area is 173 Å². The summed E-state index contributed by atoms with van der Waals surface area (Å²) >= 11 is 0. The van der Waals surface area contributed by atoms with Gasteiger partial charge >= 0.3 is 12.1 Å². The first-order valence-electron chi connectivity index (χ1n) is 9.05. The van der Waals surface area contributed by atoms with Gasteiger partial charge < -0.3 is 20.5 Å². The number of carbonyl (C=O) groups is 2. The van der Waals surface area contributed by atoms with E-state index in [-0.39, 0.29) is 18.5 Å². The highest BCUT2D eigenvalue weighted by Gasteiger charge is 2.31. The van der Waals surface area contributed by atoms with Crippen LogP contribution in [0.25, 0.3) is 11.1 Å². The van der Waals surface area contributed by atoms with E-state index < -0.39 is 17.7 Å². The molecule has 0 saturated heterocycles. The monoisotopic (exact) mass is 426 g/mol. The lowest BCUT2D eigenvalue weighted by molar-refractivity contribution is -0.138. The number of hydrogen-bond acceptors (Lipinski definition) is 4. The number of alkyl halides is 3. The van der Waals surface area contributed by atoms with Gasteiger partial charge in [-0.25, -0.2) is 0 Å². The molecular formula is C21H25F3N2O4. The predicted molar refractivity (Wildman–Crippen MR) is 107 cm³/mol. The zero-order valence-electron chi connectivity index (χ0n) is 17.0. The van der Waals surface area contributed by atoms with E-state index in [0.717, 1.165) is 12.1 Å². The van der Waals surface area contributed by atoms with Crippen LogP contribution in [0.3, 0.4) is 0 Å². The molecule has 0 spiro atoms. The molecule has 6 nitrogen and oxygen atoms in total. The molecule has 0 aliphatic heterocycles. The number of rotatable bonds is 8. The third-order valence-electron chi connectivity index (χ3n) is 4.27. The fraction of sp³-hybridized carbons (Fsp3) is 0.333. The molecule has 0 bridgehead atoms. The van der Waals surface area contributed by atoms with Crippen molar-refractivity contribution < 1.29 is 32.6 Å². The number of carboxylic acid groups (broad SMARTS) is 1. The lowest BCUT2D eigenvalue weighted by Crippen LogP contribution is -2.21. The number of amides is 1. The number of halogens is 3. The van der Waals surface area contributed by atoms with Crippen LogP contribution in [0.15, 0.2) is 36.4 Å². The Kier molecular flexibility index (Phi) is 9.32. The summed E-state index contributed by atoms with van der Waals surface area (Å²) in [5.41, 5.74) is 5.35. The smallest absolute Gasteiger partial charge is 0.416 e. The van der Waals surface area contributed by atoms with Gasteiger partial charge in [-0.2, -0.15) is 13.2 Å². The van der Waals surface area contributed by atoms with Crippen molar-refractivity contribution >= 4 is 12.4 Å². The SMILES string of the molecule is CCN(C=O)Cc1cc(C(F)(F)F)ccc1-c1cc(CC(=O)O)ccc1OC.CN. The minimum atomic E-state index is -4.53. The molecule has 3 N–H and O–H groups in total. The third-order valence-corrected chi connectivity index (χ3v) is 4.27. The summed E-state index contributed by atoms with van der Waals surface area (Å²) in [5.74, 6) is -0.633. The Morgan fingerprint density at radius 2 is 1.83 bits per heavy atom. The maximum atomic E-state index is 13.2. The Morgan fingerprint density at radius 3 is 2.33 bits per heavy atom. The lowest BCUT2D eigenvalue weighted by atomic mass is 9.94. The van der Waals surface area contributed by atoms with Crippen LogP contribution in [0.4, 0.5) is 13.2 Å². The Balaban J connectivity index is 0.00000218. The van der Waals surface area contributed by atoms with E-state index in [9.17, 15) is 22.8 Å². The normalized spacial score (nSPS) is 10.6. The van der Waals surface area contributed by atoms with E-state index in [0.29, 0.717) is 35.4 Å². The number of methoxy groups -OCH3 is 1. The topological polar surface area (TPSA) is 92.9 Å². The van der Waals surface area contributed by atoms with Gasteiger partial charge in [-0.15, -0.1) is 0 Å². The van der Waals surface area contributed by atoms with E-state index in [1.807, 2.05) is 0 Å². The minimum Gasteiger partial charge on any atom is -0.496 e. The molecule has 0 unspecified atom stereocenters. The molecule has 0 saturated carbocycles. The largest absolute Gasteiger partial charge is 0.496 e. The maximum Gasteiger partial charge on any atom is 0.416 e. The first-order valence-corrected chi connectivity index (χ1v) is 9.05. The quantitative estimate of drug-likeness (QED) is 0.630. The summed E-state index contributed by atoms with van der Waals surface area (Å²) in [6.07, 6.45) is -4.19. The third kappa shape index (κ3) is 6.48. The van der Waals surface area contributed by atoms with Crippen molar-refractivity contribution in [2.24, 2.45) is 5.73 Å². The van der Waals surface area contributed by atoms with Gasteiger partial charge in [-0.3, -0.25) is 9.59 Å². The van der Waals surface area contributed by atoms with Crippen molar-refractivity contribution in [2.45, 2.75) is 26.1 Å². The van der Waals surface area contributed by atoms with Gasteiger partial charge in [-0.1, -0.05) is 12.1 Å². The minimum absolute atomic E-state index is 0.0223. The molecular weight excluding hydrogens is 401 g/mol. The van der Waals surface area contributed by atoms with Crippen molar-refractivity contribution in [3.63, 3.8) is 0 Å². The van der Waals surface area contributed by atoms with E-state index >= 15 is 0 Å². The molecule has 0 radical (unpaired) electrons. The number of ether oxygens (including phenoxy) is 1. The first-order chi connectivity index (χ1) is 14.2.